The number of rotatable bonds is 11. The molecule has 79 heavy (non-hydrogen) atoms. The SMILES string of the molecule is Cn1c(=O)n(C)c2cc(CI)ccc21.Cn1c(=O)n(C)c2cc(Cn3cnc(C4CC4)c3C3CCOC3)ccc21.Cn1c(=O)n(C)c2cc(Cn3cnc(C4CCOC4)c3C3CC3)ccc21.c1nc(C2CCOC2)c(C2CC2)[nH]1. The zero-order chi connectivity index (χ0) is 54.6. The number of nitrogens with zero attached hydrogens (tertiary/aromatic N) is 11. The molecule has 9 aromatic rings. The Kier molecular flexibility index (Phi) is 15.1. The molecule has 3 unspecified atom stereocenters. The normalized spacial score (nSPS) is 20.0. The number of aromatic amines is 1. The largest absolute Gasteiger partial charge is 0.381 e. The van der Waals surface area contributed by atoms with E-state index < -0.39 is 0 Å². The smallest absolute Gasteiger partial charge is 0.328 e. The first-order valence-electron chi connectivity index (χ1n) is 28.2. The lowest BCUT2D eigenvalue weighted by Gasteiger charge is -2.15. The Morgan fingerprint density at radius 1 is 0.456 bits per heavy atom. The van der Waals surface area contributed by atoms with Crippen LogP contribution in [-0.4, -0.2) is 96.1 Å². The highest BCUT2D eigenvalue weighted by molar-refractivity contribution is 14.1. The van der Waals surface area contributed by atoms with Gasteiger partial charge in [-0.15, -0.1) is 0 Å². The molecule has 3 saturated heterocycles. The third-order valence-electron chi connectivity index (χ3n) is 17.2. The Bertz CT molecular complexity index is 3850. The second kappa shape index (κ2) is 22.3. The van der Waals surface area contributed by atoms with E-state index in [0.717, 1.165) is 115 Å². The van der Waals surface area contributed by atoms with E-state index in [1.54, 1.807) is 34.5 Å². The lowest BCUT2D eigenvalue weighted by Crippen LogP contribution is -2.19. The van der Waals surface area contributed by atoms with Gasteiger partial charge in [-0.25, -0.2) is 29.3 Å². The van der Waals surface area contributed by atoms with Crippen LogP contribution in [0, 0.1) is 0 Å². The summed E-state index contributed by atoms with van der Waals surface area (Å²) >= 11 is 2.32. The van der Waals surface area contributed by atoms with Gasteiger partial charge in [0, 0.05) is 132 Å². The summed E-state index contributed by atoms with van der Waals surface area (Å²) in [5.41, 5.74) is 17.6. The van der Waals surface area contributed by atoms with Crippen molar-refractivity contribution in [2.24, 2.45) is 42.3 Å². The van der Waals surface area contributed by atoms with Crippen LogP contribution in [0.5, 0.6) is 0 Å². The van der Waals surface area contributed by atoms with Gasteiger partial charge in [-0.2, -0.15) is 0 Å². The molecule has 15 rings (SSSR count). The number of fused-ring (bicyclic) bond motifs is 3. The molecule has 3 aliphatic carbocycles. The topological polar surface area (TPSA) is 173 Å². The standard InChI is InChI=1S/2C20H24N4O2.C10H11IN2O.C10H14N2O/c1-22-16-6-3-13(9-17(16)23(2)20(22)25)10-24-12-21-18(15-7-8-26-11-15)19(24)14-4-5-14;1-22-16-6-3-13(9-17(16)23(2)20(22)25)10-24-12-21-18(14-4-5-14)19(24)15-7-8-26-11-15;1-12-8-4-3-7(6-11)5-9(8)13(2)10(12)14;1-2-7(1)9-10(12-6-11-9)8-3-4-13-5-8/h2*3,6,9,12,14-15H,4-5,7-8,10-11H2,1-2H3;3-5H,6H2,1-2H3;6-8H,1-5H2,(H,11,12). The van der Waals surface area contributed by atoms with Gasteiger partial charge in [0.1, 0.15) is 0 Å². The number of nitrogens with one attached hydrogen (secondary N) is 1. The summed E-state index contributed by atoms with van der Waals surface area (Å²) in [6.45, 7) is 6.65. The van der Waals surface area contributed by atoms with Crippen molar-refractivity contribution in [3.05, 3.63) is 156 Å². The van der Waals surface area contributed by atoms with Crippen LogP contribution in [0.1, 0.15) is 144 Å². The lowest BCUT2D eigenvalue weighted by atomic mass is 10.0. The van der Waals surface area contributed by atoms with Crippen LogP contribution in [0.4, 0.5) is 0 Å². The summed E-state index contributed by atoms with van der Waals surface area (Å²) in [6.07, 6.45) is 16.8. The molecular weight excluding hydrogens is 1110 g/mol. The van der Waals surface area contributed by atoms with Crippen molar-refractivity contribution in [2.75, 3.05) is 39.6 Å². The van der Waals surface area contributed by atoms with Crippen LogP contribution in [0.3, 0.4) is 0 Å². The number of H-pyrrole nitrogens is 1. The van der Waals surface area contributed by atoms with Gasteiger partial charge >= 0.3 is 17.1 Å². The third-order valence-corrected chi connectivity index (χ3v) is 18.1. The average molecular weight is 1190 g/mol. The number of halogens is 1. The predicted molar refractivity (Wildman–Crippen MR) is 314 cm³/mol. The van der Waals surface area contributed by atoms with E-state index >= 15 is 0 Å². The van der Waals surface area contributed by atoms with E-state index in [0.29, 0.717) is 29.6 Å². The number of alkyl halides is 1. The average Bonchev–Trinajstić information content (AvgIpc) is 4.36. The van der Waals surface area contributed by atoms with Crippen LogP contribution in [0.2, 0.25) is 0 Å². The van der Waals surface area contributed by atoms with Crippen LogP contribution in [0.25, 0.3) is 33.1 Å². The maximum Gasteiger partial charge on any atom is 0.328 e. The number of hydrogen-bond acceptors (Lipinski definition) is 9. The van der Waals surface area contributed by atoms with Gasteiger partial charge in [-0.05, 0) is 111 Å². The molecule has 0 bridgehead atoms. The molecule has 6 aliphatic rings. The molecule has 3 atom stereocenters. The Hall–Kier alpha value is -6.29. The summed E-state index contributed by atoms with van der Waals surface area (Å²) in [5.74, 6) is 3.53. The van der Waals surface area contributed by atoms with Gasteiger partial charge in [0.2, 0.25) is 0 Å². The molecule has 3 saturated carbocycles. The summed E-state index contributed by atoms with van der Waals surface area (Å²) < 4.78 is 32.4. The third kappa shape index (κ3) is 10.7. The van der Waals surface area contributed by atoms with Crippen molar-refractivity contribution in [1.82, 2.24) is 56.5 Å². The summed E-state index contributed by atoms with van der Waals surface area (Å²) in [7, 11) is 10.9. The molecular formula is C60H73IN12O6. The number of benzene rings is 3. The Balaban J connectivity index is 0.000000110. The van der Waals surface area contributed by atoms with E-state index in [-0.39, 0.29) is 17.1 Å². The van der Waals surface area contributed by atoms with Crippen molar-refractivity contribution in [3.8, 4) is 0 Å². The van der Waals surface area contributed by atoms with Crippen LogP contribution in [-0.2, 0) is 74.0 Å². The van der Waals surface area contributed by atoms with Gasteiger partial charge in [-0.1, -0.05) is 40.8 Å². The number of ether oxygens (including phenoxy) is 3. The van der Waals surface area contributed by atoms with Gasteiger partial charge in [0.15, 0.2) is 0 Å². The Labute approximate surface area is 472 Å². The second-order valence-electron chi connectivity index (χ2n) is 22.8. The van der Waals surface area contributed by atoms with E-state index in [1.807, 2.05) is 72.4 Å². The van der Waals surface area contributed by atoms with Crippen molar-refractivity contribution in [2.45, 2.75) is 111 Å². The minimum absolute atomic E-state index is 0.0135. The maximum absolute atomic E-state index is 12.2. The first-order chi connectivity index (χ1) is 38.4. The Morgan fingerprint density at radius 2 is 0.848 bits per heavy atom. The van der Waals surface area contributed by atoms with Crippen molar-refractivity contribution in [1.29, 1.82) is 0 Å². The van der Waals surface area contributed by atoms with Crippen LogP contribution < -0.4 is 17.1 Å². The van der Waals surface area contributed by atoms with E-state index in [4.69, 9.17) is 24.2 Å². The fourth-order valence-corrected chi connectivity index (χ4v) is 12.7. The summed E-state index contributed by atoms with van der Waals surface area (Å²) in [5, 5.41) is 0. The van der Waals surface area contributed by atoms with Crippen molar-refractivity contribution >= 4 is 55.7 Å². The highest BCUT2D eigenvalue weighted by Gasteiger charge is 2.36. The highest BCUT2D eigenvalue weighted by Crippen LogP contribution is 2.46. The summed E-state index contributed by atoms with van der Waals surface area (Å²) in [6, 6.07) is 18.7. The number of aromatic nitrogens is 12. The maximum atomic E-state index is 12.2. The van der Waals surface area contributed by atoms with E-state index in [9.17, 15) is 14.4 Å². The fraction of sp³-hybridized carbons (Fsp3) is 0.500. The van der Waals surface area contributed by atoms with Crippen molar-refractivity contribution in [3.63, 3.8) is 0 Å². The molecule has 0 spiro atoms. The predicted octanol–water partition coefficient (Wildman–Crippen LogP) is 8.61. The molecule has 3 aliphatic heterocycles. The lowest BCUT2D eigenvalue weighted by molar-refractivity contribution is 0.193. The summed E-state index contributed by atoms with van der Waals surface area (Å²) in [4.78, 5) is 53.2. The van der Waals surface area contributed by atoms with Crippen molar-refractivity contribution < 1.29 is 14.2 Å². The minimum atomic E-state index is 0.0135. The van der Waals surface area contributed by atoms with Crippen LogP contribution >= 0.6 is 22.6 Å². The molecule has 0 amide bonds. The first kappa shape index (κ1) is 53.4. The first-order valence-corrected chi connectivity index (χ1v) is 29.7. The zero-order valence-electron chi connectivity index (χ0n) is 46.4. The molecule has 18 nitrogen and oxygen atoms in total. The molecule has 9 heterocycles. The van der Waals surface area contributed by atoms with E-state index in [2.05, 4.69) is 78.1 Å². The fourth-order valence-electron chi connectivity index (χ4n) is 12.2. The highest BCUT2D eigenvalue weighted by atomic mass is 127. The van der Waals surface area contributed by atoms with Gasteiger partial charge in [-0.3, -0.25) is 27.4 Å². The number of imidazole rings is 6. The number of hydrogen-bond donors (Lipinski definition) is 1. The monoisotopic (exact) mass is 1180 g/mol. The minimum Gasteiger partial charge on any atom is -0.381 e. The van der Waals surface area contributed by atoms with Gasteiger partial charge < -0.3 is 28.3 Å². The van der Waals surface area contributed by atoms with Gasteiger partial charge in [0.25, 0.3) is 0 Å². The zero-order valence-corrected chi connectivity index (χ0v) is 48.5. The molecule has 19 heteroatoms. The molecule has 3 aromatic carbocycles. The molecule has 6 aromatic heterocycles. The molecule has 416 valence electrons. The van der Waals surface area contributed by atoms with Crippen LogP contribution in [0.15, 0.2) is 88.0 Å². The second-order valence-corrected chi connectivity index (χ2v) is 23.6. The quantitative estimate of drug-likeness (QED) is 0.0983. The molecule has 1 N–H and O–H groups in total. The molecule has 0 radical (unpaired) electrons. The number of aryl methyl sites for hydroxylation is 6. The van der Waals surface area contributed by atoms with E-state index in [1.165, 1.54) is 89.4 Å². The Morgan fingerprint density at radius 3 is 1.28 bits per heavy atom. The van der Waals surface area contributed by atoms with Gasteiger partial charge in [0.05, 0.1) is 89.0 Å². The molecule has 6 fully saturated rings.